The maximum atomic E-state index is 5.93. The molecule has 2 rings (SSSR count). The van der Waals surface area contributed by atoms with Gasteiger partial charge in [0.1, 0.15) is 0 Å². The first kappa shape index (κ1) is 14.8. The van der Waals surface area contributed by atoms with E-state index in [1.54, 1.807) is 0 Å². The van der Waals surface area contributed by atoms with E-state index in [-0.39, 0.29) is 0 Å². The minimum Gasteiger partial charge on any atom is -0.307 e. The quantitative estimate of drug-likeness (QED) is 0.904. The molecule has 19 heavy (non-hydrogen) atoms. The van der Waals surface area contributed by atoms with Gasteiger partial charge in [-0.05, 0) is 70.4 Å². The van der Waals surface area contributed by atoms with Gasteiger partial charge in [-0.25, -0.2) is 0 Å². The average molecular weight is 281 g/mol. The number of nitrogens with zero attached hydrogens (tertiary/aromatic N) is 1. The average Bonchev–Trinajstić information content (AvgIpc) is 2.40. The molecular formula is C16H25ClN2. The Morgan fingerprint density at radius 2 is 1.74 bits per heavy atom. The Balaban J connectivity index is 1.87. The lowest BCUT2D eigenvalue weighted by Crippen LogP contribution is -2.41. The molecule has 2 atom stereocenters. The van der Waals surface area contributed by atoms with E-state index in [1.165, 1.54) is 31.5 Å². The van der Waals surface area contributed by atoms with Gasteiger partial charge in [0.15, 0.2) is 0 Å². The molecular weight excluding hydrogens is 256 g/mol. The maximum Gasteiger partial charge on any atom is 0.0406 e. The fourth-order valence-electron chi connectivity index (χ4n) is 2.91. The molecule has 0 saturated carbocycles. The third-order valence-corrected chi connectivity index (χ3v) is 4.61. The molecule has 1 fully saturated rings. The number of rotatable bonds is 4. The Labute approximate surface area is 122 Å². The van der Waals surface area contributed by atoms with Gasteiger partial charge in [-0.3, -0.25) is 0 Å². The molecule has 2 nitrogen and oxygen atoms in total. The normalized spacial score (nSPS) is 21.3. The molecule has 1 aromatic rings. The molecule has 0 aromatic heterocycles. The van der Waals surface area contributed by atoms with E-state index in [0.29, 0.717) is 12.1 Å². The summed E-state index contributed by atoms with van der Waals surface area (Å²) in [6, 6.07) is 9.11. The Morgan fingerprint density at radius 1 is 1.16 bits per heavy atom. The molecule has 0 amide bonds. The van der Waals surface area contributed by atoms with Crippen LogP contribution in [0.4, 0.5) is 0 Å². The van der Waals surface area contributed by atoms with E-state index < -0.39 is 0 Å². The highest BCUT2D eigenvalue weighted by atomic mass is 35.5. The number of benzene rings is 1. The first-order chi connectivity index (χ1) is 9.06. The predicted molar refractivity (Wildman–Crippen MR) is 82.7 cm³/mol. The zero-order chi connectivity index (χ0) is 13.8. The molecule has 1 aromatic carbocycles. The lowest BCUT2D eigenvalue weighted by atomic mass is 9.90. The smallest absolute Gasteiger partial charge is 0.0406 e. The summed E-state index contributed by atoms with van der Waals surface area (Å²) in [4.78, 5) is 2.42. The van der Waals surface area contributed by atoms with Gasteiger partial charge in [0.05, 0.1) is 0 Å². The summed E-state index contributed by atoms with van der Waals surface area (Å²) in [5, 5.41) is 4.54. The van der Waals surface area contributed by atoms with Gasteiger partial charge in [-0.15, -0.1) is 0 Å². The number of likely N-dealkylation sites (tertiary alicyclic amines) is 1. The van der Waals surface area contributed by atoms with Crippen molar-refractivity contribution in [3.63, 3.8) is 0 Å². The van der Waals surface area contributed by atoms with Crippen molar-refractivity contribution in [2.75, 3.05) is 20.1 Å². The summed E-state index contributed by atoms with van der Waals surface area (Å²) in [5.41, 5.74) is 1.31. The van der Waals surface area contributed by atoms with Crippen LogP contribution in [-0.4, -0.2) is 31.1 Å². The zero-order valence-corrected chi connectivity index (χ0v) is 13.0. The van der Waals surface area contributed by atoms with Crippen molar-refractivity contribution in [3.05, 3.63) is 34.9 Å². The largest absolute Gasteiger partial charge is 0.307 e. The van der Waals surface area contributed by atoms with E-state index >= 15 is 0 Å². The molecule has 1 aliphatic rings. The molecule has 1 N–H and O–H groups in total. The number of hydrogen-bond donors (Lipinski definition) is 1. The topological polar surface area (TPSA) is 15.3 Å². The van der Waals surface area contributed by atoms with Crippen molar-refractivity contribution in [2.24, 2.45) is 5.92 Å². The second-order valence-corrected chi connectivity index (χ2v) is 6.31. The van der Waals surface area contributed by atoms with Gasteiger partial charge in [0, 0.05) is 17.1 Å². The zero-order valence-electron chi connectivity index (χ0n) is 12.2. The lowest BCUT2D eigenvalue weighted by molar-refractivity contribution is 0.185. The Kier molecular flexibility index (Phi) is 5.26. The van der Waals surface area contributed by atoms with Crippen molar-refractivity contribution in [2.45, 2.75) is 38.8 Å². The number of hydrogen-bond acceptors (Lipinski definition) is 2. The van der Waals surface area contributed by atoms with Crippen molar-refractivity contribution >= 4 is 11.6 Å². The highest BCUT2D eigenvalue weighted by molar-refractivity contribution is 6.30. The van der Waals surface area contributed by atoms with Crippen molar-refractivity contribution in [3.8, 4) is 0 Å². The van der Waals surface area contributed by atoms with E-state index in [9.17, 15) is 0 Å². The SMILES string of the molecule is CC(NC(C)C1CCN(C)CC1)c1ccc(Cl)cc1. The molecule has 0 aliphatic carbocycles. The molecule has 3 heteroatoms. The second kappa shape index (κ2) is 6.74. The van der Waals surface area contributed by atoms with Crippen LogP contribution in [0.3, 0.4) is 0 Å². The molecule has 1 aliphatic heterocycles. The first-order valence-corrected chi connectivity index (χ1v) is 7.64. The fourth-order valence-corrected chi connectivity index (χ4v) is 3.03. The molecule has 106 valence electrons. The van der Waals surface area contributed by atoms with Gasteiger partial charge in [0.25, 0.3) is 0 Å². The lowest BCUT2D eigenvalue weighted by Gasteiger charge is -2.34. The van der Waals surface area contributed by atoms with Crippen LogP contribution in [0.1, 0.15) is 38.3 Å². The van der Waals surface area contributed by atoms with E-state index in [1.807, 2.05) is 12.1 Å². The van der Waals surface area contributed by atoms with Gasteiger partial charge >= 0.3 is 0 Å². The summed E-state index contributed by atoms with van der Waals surface area (Å²) in [6.07, 6.45) is 2.61. The second-order valence-electron chi connectivity index (χ2n) is 5.87. The minimum atomic E-state index is 0.381. The third-order valence-electron chi connectivity index (χ3n) is 4.35. The Bertz CT molecular complexity index is 382. The predicted octanol–water partition coefficient (Wildman–Crippen LogP) is 3.72. The maximum absolute atomic E-state index is 5.93. The molecule has 1 saturated heterocycles. The summed E-state index contributed by atoms with van der Waals surface area (Å²) < 4.78 is 0. The number of nitrogens with one attached hydrogen (secondary N) is 1. The van der Waals surface area contributed by atoms with Crippen LogP contribution in [0.5, 0.6) is 0 Å². The molecule has 1 heterocycles. The van der Waals surface area contributed by atoms with Crippen LogP contribution in [0, 0.1) is 5.92 Å². The number of piperidine rings is 1. The monoisotopic (exact) mass is 280 g/mol. The first-order valence-electron chi connectivity index (χ1n) is 7.26. The summed E-state index contributed by atoms with van der Waals surface area (Å²) >= 11 is 5.93. The van der Waals surface area contributed by atoms with Crippen LogP contribution >= 0.6 is 11.6 Å². The molecule has 0 spiro atoms. The standard InChI is InChI=1S/C16H25ClN2/c1-12(14-4-6-16(17)7-5-14)18-13(2)15-8-10-19(3)11-9-15/h4-7,12-13,15,18H,8-11H2,1-3H3. The van der Waals surface area contributed by atoms with Crippen LogP contribution in [0.2, 0.25) is 5.02 Å². The van der Waals surface area contributed by atoms with Crippen molar-refractivity contribution in [1.82, 2.24) is 10.2 Å². The fraction of sp³-hybridized carbons (Fsp3) is 0.625. The summed E-state index contributed by atoms with van der Waals surface area (Å²) in [6.45, 7) is 7.01. The number of halogens is 1. The Hall–Kier alpha value is -0.570. The third kappa shape index (κ3) is 4.20. The van der Waals surface area contributed by atoms with Crippen molar-refractivity contribution in [1.29, 1.82) is 0 Å². The molecule has 0 radical (unpaired) electrons. The van der Waals surface area contributed by atoms with Crippen LogP contribution in [0.15, 0.2) is 24.3 Å². The highest BCUT2D eigenvalue weighted by Gasteiger charge is 2.23. The van der Waals surface area contributed by atoms with Gasteiger partial charge < -0.3 is 10.2 Å². The molecule has 2 unspecified atom stereocenters. The Morgan fingerprint density at radius 3 is 2.32 bits per heavy atom. The summed E-state index contributed by atoms with van der Waals surface area (Å²) in [5.74, 6) is 0.797. The van der Waals surface area contributed by atoms with E-state index in [4.69, 9.17) is 11.6 Å². The van der Waals surface area contributed by atoms with Gasteiger partial charge in [0.2, 0.25) is 0 Å². The van der Waals surface area contributed by atoms with Crippen molar-refractivity contribution < 1.29 is 0 Å². The van der Waals surface area contributed by atoms with Gasteiger partial charge in [-0.2, -0.15) is 0 Å². The van der Waals surface area contributed by atoms with E-state index in [2.05, 4.69) is 43.2 Å². The molecule has 0 bridgehead atoms. The van der Waals surface area contributed by atoms with E-state index in [0.717, 1.165) is 10.9 Å². The van der Waals surface area contributed by atoms with Gasteiger partial charge in [-0.1, -0.05) is 23.7 Å². The summed E-state index contributed by atoms with van der Waals surface area (Å²) in [7, 11) is 2.21. The van der Waals surface area contributed by atoms with Crippen LogP contribution in [0.25, 0.3) is 0 Å². The minimum absolute atomic E-state index is 0.381. The highest BCUT2D eigenvalue weighted by Crippen LogP contribution is 2.23. The van der Waals surface area contributed by atoms with Crippen LogP contribution < -0.4 is 5.32 Å². The van der Waals surface area contributed by atoms with Crippen LogP contribution in [-0.2, 0) is 0 Å².